The van der Waals surface area contributed by atoms with Gasteiger partial charge in [-0.2, -0.15) is 0 Å². The molecule has 0 spiro atoms. The minimum absolute atomic E-state index is 0.111. The Morgan fingerprint density at radius 1 is 0.971 bits per heavy atom. The number of ether oxygens (including phenoxy) is 2. The second kappa shape index (κ2) is 10.4. The molecule has 0 saturated heterocycles. The van der Waals surface area contributed by atoms with Gasteiger partial charge in [0.2, 0.25) is 12.7 Å². The zero-order chi connectivity index (χ0) is 24.1. The van der Waals surface area contributed by atoms with Gasteiger partial charge >= 0.3 is 0 Å². The molecule has 3 aromatic rings. The minimum atomic E-state index is -0.420. The molecule has 0 bridgehead atoms. The molecule has 1 aromatic heterocycles. The summed E-state index contributed by atoms with van der Waals surface area (Å²) in [5.74, 6) is 1.11. The maximum atomic E-state index is 13.5. The first-order chi connectivity index (χ1) is 16.4. The SMILES string of the molecule is CC(C)CN(CC(=O)N(Cc1ccc2c(c1)OCO2)Cc1ccco1)C(=O)c1ccc(F)cc1. The second-order valence-corrected chi connectivity index (χ2v) is 8.60. The number of carbonyl (C=O) groups is 2. The van der Waals surface area contributed by atoms with Crippen LogP contribution in [0.25, 0.3) is 0 Å². The van der Waals surface area contributed by atoms with Gasteiger partial charge in [-0.3, -0.25) is 9.59 Å². The maximum absolute atomic E-state index is 13.5. The van der Waals surface area contributed by atoms with Gasteiger partial charge in [-0.05, 0) is 60.0 Å². The highest BCUT2D eigenvalue weighted by atomic mass is 19.1. The summed E-state index contributed by atoms with van der Waals surface area (Å²) < 4.78 is 29.6. The first-order valence-corrected chi connectivity index (χ1v) is 11.1. The van der Waals surface area contributed by atoms with Crippen molar-refractivity contribution in [2.24, 2.45) is 5.92 Å². The fourth-order valence-corrected chi connectivity index (χ4v) is 3.78. The van der Waals surface area contributed by atoms with Crippen molar-refractivity contribution >= 4 is 11.8 Å². The van der Waals surface area contributed by atoms with Crippen molar-refractivity contribution in [3.63, 3.8) is 0 Å². The van der Waals surface area contributed by atoms with E-state index in [9.17, 15) is 14.0 Å². The summed E-state index contributed by atoms with van der Waals surface area (Å²) in [6.45, 7) is 4.95. The number of carbonyl (C=O) groups excluding carboxylic acids is 2. The number of hydrogen-bond acceptors (Lipinski definition) is 5. The van der Waals surface area contributed by atoms with Crippen LogP contribution in [0.4, 0.5) is 4.39 Å². The first kappa shape index (κ1) is 23.4. The third kappa shape index (κ3) is 5.75. The molecule has 0 aliphatic carbocycles. The molecule has 8 heteroatoms. The molecule has 1 aliphatic heterocycles. The van der Waals surface area contributed by atoms with E-state index in [1.165, 1.54) is 29.2 Å². The van der Waals surface area contributed by atoms with Gasteiger partial charge in [-0.25, -0.2) is 4.39 Å². The van der Waals surface area contributed by atoms with Crippen molar-refractivity contribution in [3.05, 3.63) is 83.6 Å². The van der Waals surface area contributed by atoms with Crippen LogP contribution < -0.4 is 9.47 Å². The topological polar surface area (TPSA) is 72.2 Å². The molecule has 0 unspecified atom stereocenters. The smallest absolute Gasteiger partial charge is 0.254 e. The van der Waals surface area contributed by atoms with E-state index in [0.717, 1.165) is 5.56 Å². The average Bonchev–Trinajstić information content (AvgIpc) is 3.49. The van der Waals surface area contributed by atoms with Crippen molar-refractivity contribution in [3.8, 4) is 11.5 Å². The molecule has 178 valence electrons. The van der Waals surface area contributed by atoms with Crippen LogP contribution in [-0.4, -0.2) is 41.5 Å². The van der Waals surface area contributed by atoms with Gasteiger partial charge in [0.25, 0.3) is 5.91 Å². The van der Waals surface area contributed by atoms with Crippen molar-refractivity contribution < 1.29 is 27.9 Å². The lowest BCUT2D eigenvalue weighted by atomic mass is 10.1. The van der Waals surface area contributed by atoms with E-state index < -0.39 is 5.82 Å². The Bertz CT molecular complexity index is 1130. The number of benzene rings is 2. The molecule has 0 atom stereocenters. The van der Waals surface area contributed by atoms with Crippen LogP contribution in [-0.2, 0) is 17.9 Å². The van der Waals surface area contributed by atoms with Gasteiger partial charge in [-0.1, -0.05) is 19.9 Å². The lowest BCUT2D eigenvalue weighted by molar-refractivity contribution is -0.133. The molecule has 1 aliphatic rings. The van der Waals surface area contributed by atoms with Gasteiger partial charge < -0.3 is 23.7 Å². The van der Waals surface area contributed by atoms with Crippen LogP contribution >= 0.6 is 0 Å². The van der Waals surface area contributed by atoms with Crippen LogP contribution in [0.1, 0.15) is 35.5 Å². The Hall–Kier alpha value is -3.81. The highest BCUT2D eigenvalue weighted by Crippen LogP contribution is 2.33. The van der Waals surface area contributed by atoms with Gasteiger partial charge in [0.05, 0.1) is 12.8 Å². The standard InChI is InChI=1S/C26H27FN2O5/c1-18(2)13-29(26(31)20-6-8-21(27)9-7-20)16-25(30)28(15-22-4-3-11-32-22)14-19-5-10-23-24(12-19)34-17-33-23/h3-12,18H,13-17H2,1-2H3. The Kier molecular flexibility index (Phi) is 7.15. The van der Waals surface area contributed by atoms with Crippen molar-refractivity contribution in [1.29, 1.82) is 0 Å². The number of furan rings is 1. The number of amides is 2. The van der Waals surface area contributed by atoms with Crippen LogP contribution in [0.2, 0.25) is 0 Å². The average molecular weight is 467 g/mol. The van der Waals surface area contributed by atoms with E-state index in [1.807, 2.05) is 32.0 Å². The normalized spacial score (nSPS) is 12.1. The largest absolute Gasteiger partial charge is 0.467 e. The van der Waals surface area contributed by atoms with E-state index in [-0.39, 0.29) is 37.6 Å². The number of halogens is 1. The molecule has 0 fully saturated rings. The van der Waals surface area contributed by atoms with Crippen molar-refractivity contribution in [2.45, 2.75) is 26.9 Å². The van der Waals surface area contributed by atoms with E-state index in [4.69, 9.17) is 13.9 Å². The van der Waals surface area contributed by atoms with Gasteiger partial charge in [-0.15, -0.1) is 0 Å². The molecular formula is C26H27FN2O5. The molecular weight excluding hydrogens is 439 g/mol. The van der Waals surface area contributed by atoms with E-state index in [0.29, 0.717) is 35.9 Å². The summed E-state index contributed by atoms with van der Waals surface area (Å²) in [6, 6.07) is 14.5. The van der Waals surface area contributed by atoms with Crippen LogP contribution in [0.5, 0.6) is 11.5 Å². The number of rotatable bonds is 9. The second-order valence-electron chi connectivity index (χ2n) is 8.60. The summed E-state index contributed by atoms with van der Waals surface area (Å²) in [7, 11) is 0. The lowest BCUT2D eigenvalue weighted by Gasteiger charge is -2.28. The fraction of sp³-hybridized carbons (Fsp3) is 0.308. The first-order valence-electron chi connectivity index (χ1n) is 11.1. The molecule has 2 aromatic carbocycles. The van der Waals surface area contributed by atoms with Crippen molar-refractivity contribution in [2.75, 3.05) is 19.9 Å². The van der Waals surface area contributed by atoms with Gasteiger partial charge in [0.15, 0.2) is 11.5 Å². The van der Waals surface area contributed by atoms with E-state index in [1.54, 1.807) is 23.3 Å². The Morgan fingerprint density at radius 3 is 2.44 bits per heavy atom. The summed E-state index contributed by atoms with van der Waals surface area (Å²) in [5.41, 5.74) is 1.20. The predicted molar refractivity (Wildman–Crippen MR) is 123 cm³/mol. The van der Waals surface area contributed by atoms with E-state index in [2.05, 4.69) is 0 Å². The molecule has 2 amide bonds. The predicted octanol–water partition coefficient (Wildman–Crippen LogP) is 4.47. The quantitative estimate of drug-likeness (QED) is 0.465. The van der Waals surface area contributed by atoms with E-state index >= 15 is 0 Å². The Labute approximate surface area is 197 Å². The zero-order valence-corrected chi connectivity index (χ0v) is 19.2. The Morgan fingerprint density at radius 2 is 1.74 bits per heavy atom. The maximum Gasteiger partial charge on any atom is 0.254 e. The van der Waals surface area contributed by atoms with Gasteiger partial charge in [0.1, 0.15) is 18.1 Å². The molecule has 0 saturated carbocycles. The van der Waals surface area contributed by atoms with Crippen LogP contribution in [0, 0.1) is 11.7 Å². The molecule has 0 radical (unpaired) electrons. The monoisotopic (exact) mass is 466 g/mol. The summed E-state index contributed by atoms with van der Waals surface area (Å²) in [5, 5.41) is 0. The van der Waals surface area contributed by atoms with Crippen LogP contribution in [0.15, 0.2) is 65.3 Å². The van der Waals surface area contributed by atoms with Gasteiger partial charge in [0, 0.05) is 18.7 Å². The molecule has 4 rings (SSSR count). The highest BCUT2D eigenvalue weighted by molar-refractivity contribution is 5.96. The summed E-state index contributed by atoms with van der Waals surface area (Å²) in [6.07, 6.45) is 1.56. The summed E-state index contributed by atoms with van der Waals surface area (Å²) >= 11 is 0. The summed E-state index contributed by atoms with van der Waals surface area (Å²) in [4.78, 5) is 29.8. The lowest BCUT2D eigenvalue weighted by Crippen LogP contribution is -2.43. The molecule has 34 heavy (non-hydrogen) atoms. The number of hydrogen-bond donors (Lipinski definition) is 0. The molecule has 2 heterocycles. The minimum Gasteiger partial charge on any atom is -0.467 e. The Balaban J connectivity index is 1.54. The molecule has 7 nitrogen and oxygen atoms in total. The fourth-order valence-electron chi connectivity index (χ4n) is 3.78. The third-order valence-corrected chi connectivity index (χ3v) is 5.38. The third-order valence-electron chi connectivity index (χ3n) is 5.38. The van der Waals surface area contributed by atoms with Crippen LogP contribution in [0.3, 0.4) is 0 Å². The van der Waals surface area contributed by atoms with Crippen molar-refractivity contribution in [1.82, 2.24) is 9.80 Å². The number of fused-ring (bicyclic) bond motifs is 1. The highest BCUT2D eigenvalue weighted by Gasteiger charge is 2.25. The molecule has 0 N–H and O–H groups in total. The zero-order valence-electron chi connectivity index (χ0n) is 19.2. The number of nitrogens with zero attached hydrogens (tertiary/aromatic N) is 2.